The summed E-state index contributed by atoms with van der Waals surface area (Å²) in [6.45, 7) is 0.484. The normalized spacial score (nSPS) is 17.6. The summed E-state index contributed by atoms with van der Waals surface area (Å²) in [4.78, 5) is 24.3. The highest BCUT2D eigenvalue weighted by Gasteiger charge is 2.41. The van der Waals surface area contributed by atoms with E-state index in [0.717, 1.165) is 10.4 Å². The molecule has 1 amide bonds. The molecule has 178 valence electrons. The third-order valence-corrected chi connectivity index (χ3v) is 7.13. The number of piperazine rings is 1. The summed E-state index contributed by atoms with van der Waals surface area (Å²) in [5, 5.41) is 9.48. The second-order valence-electron chi connectivity index (χ2n) is 7.35. The number of rotatable bonds is 6. The number of hydrogen-bond donors (Lipinski definition) is 1. The fourth-order valence-electron chi connectivity index (χ4n) is 3.47. The molecule has 0 radical (unpaired) electrons. The van der Waals surface area contributed by atoms with Gasteiger partial charge in [-0.05, 0) is 30.3 Å². The van der Waals surface area contributed by atoms with E-state index >= 15 is 0 Å². The van der Waals surface area contributed by atoms with Crippen molar-refractivity contribution in [3.63, 3.8) is 0 Å². The lowest BCUT2D eigenvalue weighted by Crippen LogP contribution is -2.58. The number of alkyl halides is 3. The van der Waals surface area contributed by atoms with Crippen LogP contribution >= 0.6 is 0 Å². The highest BCUT2D eigenvalue weighted by molar-refractivity contribution is 7.89. The summed E-state index contributed by atoms with van der Waals surface area (Å²) in [5.41, 5.74) is -0.900. The molecule has 1 saturated heterocycles. The van der Waals surface area contributed by atoms with E-state index in [9.17, 15) is 36.3 Å². The van der Waals surface area contributed by atoms with Crippen LogP contribution in [0.25, 0.3) is 0 Å². The van der Waals surface area contributed by atoms with E-state index in [1.807, 2.05) is 0 Å². The molecule has 1 fully saturated rings. The molecule has 2 aromatic carbocycles. The van der Waals surface area contributed by atoms with Crippen LogP contribution < -0.4 is 4.74 Å². The molecule has 33 heavy (non-hydrogen) atoms. The average molecular weight is 486 g/mol. The van der Waals surface area contributed by atoms with Crippen LogP contribution in [0.15, 0.2) is 53.4 Å². The van der Waals surface area contributed by atoms with E-state index in [4.69, 9.17) is 4.74 Å². The van der Waals surface area contributed by atoms with Gasteiger partial charge in [0.25, 0.3) is 0 Å². The van der Waals surface area contributed by atoms with Crippen LogP contribution in [0.5, 0.6) is 5.75 Å². The van der Waals surface area contributed by atoms with Crippen molar-refractivity contribution in [1.29, 1.82) is 0 Å². The zero-order valence-corrected chi connectivity index (χ0v) is 18.3. The second kappa shape index (κ2) is 9.40. The van der Waals surface area contributed by atoms with Gasteiger partial charge in [0.2, 0.25) is 15.9 Å². The predicted octanol–water partition coefficient (Wildman–Crippen LogP) is 2.59. The molecule has 3 rings (SSSR count). The molecule has 2 aromatic rings. The van der Waals surface area contributed by atoms with E-state index in [0.29, 0.717) is 0 Å². The number of nitrogens with zero attached hydrogens (tertiary/aromatic N) is 2. The van der Waals surface area contributed by atoms with Gasteiger partial charge in [-0.25, -0.2) is 8.42 Å². The van der Waals surface area contributed by atoms with Crippen LogP contribution in [0.1, 0.15) is 18.1 Å². The van der Waals surface area contributed by atoms with Gasteiger partial charge in [-0.15, -0.1) is 0 Å². The van der Waals surface area contributed by atoms with Crippen LogP contribution in [0, 0.1) is 0 Å². The maximum absolute atomic E-state index is 13.1. The molecule has 1 heterocycles. The van der Waals surface area contributed by atoms with Crippen molar-refractivity contribution < 1.29 is 41.0 Å². The Morgan fingerprint density at radius 2 is 1.73 bits per heavy atom. The molecule has 12 heteroatoms. The Kier molecular flexibility index (Phi) is 6.98. The molecule has 1 unspecified atom stereocenters. The number of aliphatic carboxylic acids is 1. The number of benzene rings is 2. The third kappa shape index (κ3) is 5.45. The van der Waals surface area contributed by atoms with Crippen molar-refractivity contribution in [2.45, 2.75) is 30.6 Å². The molecule has 1 N–H and O–H groups in total. The van der Waals surface area contributed by atoms with Crippen LogP contribution in [0.2, 0.25) is 0 Å². The summed E-state index contributed by atoms with van der Waals surface area (Å²) >= 11 is 0. The molecule has 1 atom stereocenters. The van der Waals surface area contributed by atoms with Gasteiger partial charge in [-0.1, -0.05) is 18.2 Å². The first-order chi connectivity index (χ1) is 15.4. The third-order valence-electron chi connectivity index (χ3n) is 5.21. The molecule has 8 nitrogen and oxygen atoms in total. The minimum absolute atomic E-state index is 0.0537. The molecule has 0 bridgehead atoms. The van der Waals surface area contributed by atoms with Crippen molar-refractivity contribution in [1.82, 2.24) is 9.21 Å². The highest BCUT2D eigenvalue weighted by Crippen LogP contribution is 2.32. The molecule has 0 aromatic heterocycles. The maximum atomic E-state index is 13.1. The smallest absolute Gasteiger partial charge is 0.416 e. The van der Waals surface area contributed by atoms with Gasteiger partial charge in [-0.3, -0.25) is 9.59 Å². The standard InChI is InChI=1S/C21H21F3N2O6S/c1-14(27)25-10-11-26(19(12-25)20(28)29)33(30,31)17-8-6-16(7-9-17)32-13-15-4-2-3-5-18(15)21(22,23)24/h2-9,19H,10-13H2,1H3,(H,28,29). The van der Waals surface area contributed by atoms with Crippen molar-refractivity contribution in [3.8, 4) is 5.75 Å². The van der Waals surface area contributed by atoms with Gasteiger partial charge in [0.05, 0.1) is 10.5 Å². The monoisotopic (exact) mass is 486 g/mol. The van der Waals surface area contributed by atoms with Gasteiger partial charge < -0.3 is 14.7 Å². The first kappa shape index (κ1) is 24.5. The van der Waals surface area contributed by atoms with Gasteiger partial charge in [0, 0.05) is 32.1 Å². The lowest BCUT2D eigenvalue weighted by Gasteiger charge is -2.38. The fraction of sp³-hybridized carbons (Fsp3) is 0.333. The first-order valence-corrected chi connectivity index (χ1v) is 11.2. The molecular weight excluding hydrogens is 465 g/mol. The largest absolute Gasteiger partial charge is 0.489 e. The van der Waals surface area contributed by atoms with Crippen molar-refractivity contribution in [3.05, 3.63) is 59.7 Å². The molecule has 1 aliphatic rings. The van der Waals surface area contributed by atoms with E-state index in [2.05, 4.69) is 0 Å². The fourth-order valence-corrected chi connectivity index (χ4v) is 5.03. The van der Waals surface area contributed by atoms with E-state index in [1.165, 1.54) is 54.3 Å². The summed E-state index contributed by atoms with van der Waals surface area (Å²) in [6.07, 6.45) is -4.54. The Hall–Kier alpha value is -3.12. The number of carbonyl (C=O) groups excluding carboxylic acids is 1. The summed E-state index contributed by atoms with van der Waals surface area (Å²) in [5.74, 6) is -1.60. The Morgan fingerprint density at radius 1 is 1.09 bits per heavy atom. The number of ether oxygens (including phenoxy) is 1. The number of sulfonamides is 1. The number of carbonyl (C=O) groups is 2. The van der Waals surface area contributed by atoms with Crippen molar-refractivity contribution in [2.24, 2.45) is 0 Å². The zero-order valence-electron chi connectivity index (χ0n) is 17.4. The van der Waals surface area contributed by atoms with Gasteiger partial charge in [0.15, 0.2) is 0 Å². The van der Waals surface area contributed by atoms with Crippen LogP contribution in [-0.2, 0) is 32.4 Å². The lowest BCUT2D eigenvalue weighted by molar-refractivity contribution is -0.145. The summed E-state index contributed by atoms with van der Waals surface area (Å²) < 4.78 is 71.6. The van der Waals surface area contributed by atoms with Crippen LogP contribution in [0.3, 0.4) is 0 Å². The van der Waals surface area contributed by atoms with Crippen LogP contribution in [-0.4, -0.2) is 60.3 Å². The topological polar surface area (TPSA) is 104 Å². The number of halogens is 3. The lowest BCUT2D eigenvalue weighted by atomic mass is 10.1. The Morgan fingerprint density at radius 3 is 2.30 bits per heavy atom. The van der Waals surface area contributed by atoms with Crippen LogP contribution in [0.4, 0.5) is 13.2 Å². The van der Waals surface area contributed by atoms with Crippen molar-refractivity contribution >= 4 is 21.9 Å². The minimum atomic E-state index is -4.54. The maximum Gasteiger partial charge on any atom is 0.416 e. The first-order valence-electron chi connectivity index (χ1n) is 9.79. The zero-order chi connectivity index (χ0) is 24.4. The minimum Gasteiger partial charge on any atom is -0.489 e. The van der Waals surface area contributed by atoms with Gasteiger partial charge in [0.1, 0.15) is 18.4 Å². The quantitative estimate of drug-likeness (QED) is 0.673. The Labute approximate surface area is 188 Å². The Bertz CT molecular complexity index is 1140. The van der Waals surface area contributed by atoms with E-state index < -0.39 is 33.8 Å². The highest BCUT2D eigenvalue weighted by atomic mass is 32.2. The molecule has 1 aliphatic heterocycles. The van der Waals surface area contributed by atoms with E-state index in [1.54, 1.807) is 0 Å². The second-order valence-corrected chi connectivity index (χ2v) is 9.24. The Balaban J connectivity index is 1.76. The number of carboxylic acid groups (broad SMARTS) is 1. The summed E-state index contributed by atoms with van der Waals surface area (Å²) in [7, 11) is -4.21. The SMILES string of the molecule is CC(=O)N1CCN(S(=O)(=O)c2ccc(OCc3ccccc3C(F)(F)F)cc2)C(C(=O)O)C1. The predicted molar refractivity (Wildman–Crippen MR) is 110 cm³/mol. The molecular formula is C21H21F3N2O6S. The molecule has 0 aliphatic carbocycles. The number of carboxylic acids is 1. The van der Waals surface area contributed by atoms with Gasteiger partial charge in [-0.2, -0.15) is 17.5 Å². The average Bonchev–Trinajstić information content (AvgIpc) is 2.77. The summed E-state index contributed by atoms with van der Waals surface area (Å²) in [6, 6.07) is 8.46. The van der Waals surface area contributed by atoms with Gasteiger partial charge >= 0.3 is 12.1 Å². The van der Waals surface area contributed by atoms with Crippen molar-refractivity contribution in [2.75, 3.05) is 19.6 Å². The molecule has 0 spiro atoms. The molecule has 0 saturated carbocycles. The van der Waals surface area contributed by atoms with E-state index in [-0.39, 0.29) is 48.4 Å². The number of amides is 1. The number of hydrogen-bond acceptors (Lipinski definition) is 5.